The van der Waals surface area contributed by atoms with E-state index in [9.17, 15) is 19.5 Å². The Morgan fingerprint density at radius 2 is 1.92 bits per heavy atom. The SMILES string of the molecule is C=CCc1cc(C=Nn2c(=O)[nH]c3ccccc3c2=O)cc(OCC)c1OCc1cccc(C(=O)O)c1. The Balaban J connectivity index is 1.70. The average Bonchev–Trinajstić information content (AvgIpc) is 2.88. The third-order valence-corrected chi connectivity index (χ3v) is 5.48. The van der Waals surface area contributed by atoms with Gasteiger partial charge in [0.05, 0.1) is 29.3 Å². The lowest BCUT2D eigenvalue weighted by Gasteiger charge is -2.17. The number of carboxylic acid groups (broad SMARTS) is 1. The first-order valence-corrected chi connectivity index (χ1v) is 11.5. The lowest BCUT2D eigenvalue weighted by atomic mass is 10.1. The molecule has 0 aliphatic carbocycles. The minimum Gasteiger partial charge on any atom is -0.490 e. The van der Waals surface area contributed by atoms with Crippen LogP contribution in [-0.2, 0) is 13.0 Å². The van der Waals surface area contributed by atoms with Crippen LogP contribution in [0, 0.1) is 0 Å². The van der Waals surface area contributed by atoms with Crippen molar-refractivity contribution >= 4 is 23.1 Å². The number of ether oxygens (including phenoxy) is 2. The summed E-state index contributed by atoms with van der Waals surface area (Å²) in [5.74, 6) is -0.0880. The monoisotopic (exact) mass is 499 g/mol. The van der Waals surface area contributed by atoms with Crippen molar-refractivity contribution in [3.05, 3.63) is 116 Å². The topological polar surface area (TPSA) is 123 Å². The molecule has 0 saturated carbocycles. The summed E-state index contributed by atoms with van der Waals surface area (Å²) in [6, 6.07) is 16.7. The van der Waals surface area contributed by atoms with Crippen LogP contribution >= 0.6 is 0 Å². The summed E-state index contributed by atoms with van der Waals surface area (Å²) in [5, 5.41) is 13.7. The highest BCUT2D eigenvalue weighted by molar-refractivity contribution is 5.87. The first-order valence-electron chi connectivity index (χ1n) is 11.5. The summed E-state index contributed by atoms with van der Waals surface area (Å²) >= 11 is 0. The molecule has 0 unspecified atom stereocenters. The van der Waals surface area contributed by atoms with Crippen molar-refractivity contribution in [3.8, 4) is 11.5 Å². The van der Waals surface area contributed by atoms with Crippen molar-refractivity contribution in [2.24, 2.45) is 5.10 Å². The Hall–Kier alpha value is -4.92. The van der Waals surface area contributed by atoms with Gasteiger partial charge < -0.3 is 19.6 Å². The predicted octanol–water partition coefficient (Wildman–Crippen LogP) is 3.98. The summed E-state index contributed by atoms with van der Waals surface area (Å²) in [5.41, 5.74) is 1.44. The van der Waals surface area contributed by atoms with Gasteiger partial charge in [-0.25, -0.2) is 9.59 Å². The van der Waals surface area contributed by atoms with Crippen LogP contribution in [0.5, 0.6) is 11.5 Å². The van der Waals surface area contributed by atoms with Gasteiger partial charge in [-0.2, -0.15) is 5.10 Å². The van der Waals surface area contributed by atoms with Gasteiger partial charge in [0.15, 0.2) is 11.5 Å². The van der Waals surface area contributed by atoms with Crippen LogP contribution in [0.25, 0.3) is 10.9 Å². The number of aromatic nitrogens is 2. The number of rotatable bonds is 10. The highest BCUT2D eigenvalue weighted by Gasteiger charge is 2.14. The van der Waals surface area contributed by atoms with E-state index in [0.717, 1.165) is 10.2 Å². The lowest BCUT2D eigenvalue weighted by Crippen LogP contribution is -2.32. The van der Waals surface area contributed by atoms with E-state index in [1.807, 2.05) is 6.92 Å². The first kappa shape index (κ1) is 25.2. The van der Waals surface area contributed by atoms with E-state index in [1.165, 1.54) is 12.3 Å². The second kappa shape index (κ2) is 11.2. The molecule has 1 aromatic heterocycles. The summed E-state index contributed by atoms with van der Waals surface area (Å²) in [4.78, 5) is 39.2. The number of nitrogens with zero attached hydrogens (tertiary/aromatic N) is 2. The third-order valence-electron chi connectivity index (χ3n) is 5.48. The molecule has 4 rings (SSSR count). The number of hydrogen-bond acceptors (Lipinski definition) is 6. The van der Waals surface area contributed by atoms with Crippen LogP contribution in [0.2, 0.25) is 0 Å². The van der Waals surface area contributed by atoms with Crippen molar-refractivity contribution in [2.45, 2.75) is 20.0 Å². The van der Waals surface area contributed by atoms with E-state index in [4.69, 9.17) is 9.47 Å². The van der Waals surface area contributed by atoms with Crippen LogP contribution in [0.3, 0.4) is 0 Å². The molecule has 1 heterocycles. The second-order valence-electron chi connectivity index (χ2n) is 8.06. The van der Waals surface area contributed by atoms with Gasteiger partial charge in [0.25, 0.3) is 5.56 Å². The van der Waals surface area contributed by atoms with Gasteiger partial charge in [-0.1, -0.05) is 30.3 Å². The summed E-state index contributed by atoms with van der Waals surface area (Å²) in [6.45, 7) is 6.14. The van der Waals surface area contributed by atoms with Crippen molar-refractivity contribution in [1.29, 1.82) is 0 Å². The lowest BCUT2D eigenvalue weighted by molar-refractivity contribution is 0.0696. The largest absolute Gasteiger partial charge is 0.490 e. The normalized spacial score (nSPS) is 11.1. The number of para-hydroxylation sites is 1. The van der Waals surface area contributed by atoms with Crippen molar-refractivity contribution < 1.29 is 19.4 Å². The van der Waals surface area contributed by atoms with E-state index < -0.39 is 17.2 Å². The Labute approximate surface area is 211 Å². The molecular formula is C28H25N3O6. The standard InChI is InChI=1S/C28H25N3O6/c1-3-8-20-14-19(16-29-31-26(32)22-11-5-6-12-23(22)30-28(31)35)15-24(36-4-2)25(20)37-17-18-9-7-10-21(13-18)27(33)34/h3,5-7,9-16H,1,4,8,17H2,2H3,(H,30,35)(H,33,34). The Morgan fingerprint density at radius 1 is 1.11 bits per heavy atom. The zero-order valence-corrected chi connectivity index (χ0v) is 20.1. The third kappa shape index (κ3) is 5.67. The van der Waals surface area contributed by atoms with E-state index >= 15 is 0 Å². The number of carboxylic acids is 1. The molecule has 0 spiro atoms. The van der Waals surface area contributed by atoms with E-state index in [-0.39, 0.29) is 12.2 Å². The van der Waals surface area contributed by atoms with Crippen LogP contribution in [0.15, 0.2) is 88.0 Å². The maximum Gasteiger partial charge on any atom is 0.349 e. The van der Waals surface area contributed by atoms with E-state index in [2.05, 4.69) is 16.7 Å². The fourth-order valence-corrected chi connectivity index (χ4v) is 3.82. The van der Waals surface area contributed by atoms with Gasteiger partial charge in [-0.15, -0.1) is 11.3 Å². The smallest absolute Gasteiger partial charge is 0.349 e. The Morgan fingerprint density at radius 3 is 2.68 bits per heavy atom. The van der Waals surface area contributed by atoms with Crippen LogP contribution in [0.1, 0.15) is 34.0 Å². The van der Waals surface area contributed by atoms with Crippen LogP contribution < -0.4 is 20.7 Å². The first-order chi connectivity index (χ1) is 17.9. The minimum atomic E-state index is -1.02. The van der Waals surface area contributed by atoms with Gasteiger partial charge in [0.2, 0.25) is 0 Å². The number of allylic oxidation sites excluding steroid dienone is 1. The molecule has 0 bridgehead atoms. The quantitative estimate of drug-likeness (QED) is 0.251. The van der Waals surface area contributed by atoms with Crippen molar-refractivity contribution in [1.82, 2.24) is 9.66 Å². The molecule has 4 aromatic rings. The number of carbonyl (C=O) groups is 1. The maximum atomic E-state index is 12.8. The minimum absolute atomic E-state index is 0.126. The van der Waals surface area contributed by atoms with Crippen LogP contribution in [-0.4, -0.2) is 33.6 Å². The summed E-state index contributed by atoms with van der Waals surface area (Å²) in [6.07, 6.45) is 3.56. The molecule has 0 saturated heterocycles. The van der Waals surface area contributed by atoms with E-state index in [1.54, 1.807) is 60.7 Å². The van der Waals surface area contributed by atoms with Gasteiger partial charge >= 0.3 is 11.7 Å². The number of aromatic amines is 1. The average molecular weight is 500 g/mol. The molecule has 3 aromatic carbocycles. The molecule has 188 valence electrons. The number of H-pyrrole nitrogens is 1. The molecule has 9 nitrogen and oxygen atoms in total. The maximum absolute atomic E-state index is 12.8. The molecule has 0 radical (unpaired) electrons. The highest BCUT2D eigenvalue weighted by atomic mass is 16.5. The molecular weight excluding hydrogens is 474 g/mol. The highest BCUT2D eigenvalue weighted by Crippen LogP contribution is 2.34. The number of nitrogens with one attached hydrogen (secondary N) is 1. The summed E-state index contributed by atoms with van der Waals surface area (Å²) in [7, 11) is 0. The van der Waals surface area contributed by atoms with Gasteiger partial charge in [0.1, 0.15) is 6.61 Å². The zero-order chi connectivity index (χ0) is 26.4. The molecule has 9 heteroatoms. The Bertz CT molecular complexity index is 1620. The van der Waals surface area contributed by atoms with Crippen molar-refractivity contribution in [2.75, 3.05) is 6.61 Å². The van der Waals surface area contributed by atoms with Crippen LogP contribution in [0.4, 0.5) is 0 Å². The number of aromatic carboxylic acids is 1. The molecule has 0 fully saturated rings. The second-order valence-corrected chi connectivity index (χ2v) is 8.06. The van der Waals surface area contributed by atoms with E-state index in [0.29, 0.717) is 46.6 Å². The fraction of sp³-hybridized carbons (Fsp3) is 0.143. The zero-order valence-electron chi connectivity index (χ0n) is 20.1. The summed E-state index contributed by atoms with van der Waals surface area (Å²) < 4.78 is 12.7. The molecule has 0 atom stereocenters. The fourth-order valence-electron chi connectivity index (χ4n) is 3.82. The number of hydrogen-bond donors (Lipinski definition) is 2. The number of benzene rings is 3. The molecule has 37 heavy (non-hydrogen) atoms. The van der Waals surface area contributed by atoms with Gasteiger partial charge in [0, 0.05) is 5.56 Å². The van der Waals surface area contributed by atoms with Gasteiger partial charge in [-0.3, -0.25) is 4.79 Å². The molecule has 2 N–H and O–H groups in total. The Kier molecular flexibility index (Phi) is 7.63. The molecule has 0 amide bonds. The molecule has 0 aliphatic rings. The number of fused-ring (bicyclic) bond motifs is 1. The predicted molar refractivity (Wildman–Crippen MR) is 141 cm³/mol. The van der Waals surface area contributed by atoms with Gasteiger partial charge in [-0.05, 0) is 60.9 Å². The molecule has 0 aliphatic heterocycles. The van der Waals surface area contributed by atoms with Crippen molar-refractivity contribution in [3.63, 3.8) is 0 Å².